The van der Waals surface area contributed by atoms with Crippen molar-refractivity contribution in [2.45, 2.75) is 81.8 Å². The van der Waals surface area contributed by atoms with Gasteiger partial charge in [-0.25, -0.2) is 18.3 Å². The van der Waals surface area contributed by atoms with Gasteiger partial charge in [0.15, 0.2) is 16.9 Å². The minimum absolute atomic E-state index is 0.0122. The van der Waals surface area contributed by atoms with E-state index >= 15 is 0 Å². The van der Waals surface area contributed by atoms with Crippen LogP contribution in [-0.2, 0) is 14.4 Å². The second-order valence-electron chi connectivity index (χ2n) is 17.4. The highest BCUT2D eigenvalue weighted by Crippen LogP contribution is 2.37. The van der Waals surface area contributed by atoms with Crippen LogP contribution < -0.4 is 26.2 Å². The standard InChI is InChI=1S/C42H49F2N13O5/c43-39(44)37-32(48-42(61)30-18-45-56-13-12-33(49-40(30)56)55-20-25-6-7-26(21-55)46-25)22-57(51-37)27-8-4-24(5-9-27)19-53-14-16-54(17-15-53)23-35(59)47-31-3-1-2-28-36(52-62-38(28)31)29-10-11-34(58)50-41(29)60/h1-3,12-13,18,22,24-27,29,39,46H,4-11,14-17,19-21,23H2,(H,47,59)(H,48,61)(H,50,58,60)/t24?,25?,26?,27?,29-/m1/s1. The second kappa shape index (κ2) is 16.8. The fraction of sp³-hybridized carbons (Fsp3) is 0.524. The highest BCUT2D eigenvalue weighted by molar-refractivity contribution is 6.08. The molecule has 10 rings (SSSR count). The van der Waals surface area contributed by atoms with Crippen LogP contribution in [-0.4, -0.2) is 127 Å². The molecule has 0 radical (unpaired) electrons. The lowest BCUT2D eigenvalue weighted by molar-refractivity contribution is -0.134. The van der Waals surface area contributed by atoms with Crippen molar-refractivity contribution in [3.63, 3.8) is 0 Å². The average molecular weight is 854 g/mol. The molecule has 1 aliphatic carbocycles. The number of nitrogens with zero attached hydrogens (tertiary/aromatic N) is 9. The first-order valence-electron chi connectivity index (χ1n) is 21.6. The van der Waals surface area contributed by atoms with Gasteiger partial charge in [-0.1, -0.05) is 11.2 Å². The summed E-state index contributed by atoms with van der Waals surface area (Å²) in [5, 5.41) is 25.0. The number of imide groups is 1. The maximum Gasteiger partial charge on any atom is 0.284 e. The number of alkyl halides is 2. The fourth-order valence-electron chi connectivity index (χ4n) is 9.98. The van der Waals surface area contributed by atoms with Gasteiger partial charge in [-0.3, -0.25) is 34.1 Å². The molecule has 5 fully saturated rings. The van der Waals surface area contributed by atoms with Crippen LogP contribution in [0.4, 0.5) is 26.0 Å². The Bertz CT molecular complexity index is 2490. The van der Waals surface area contributed by atoms with Crippen molar-refractivity contribution < 1.29 is 32.5 Å². The lowest BCUT2D eigenvalue weighted by Crippen LogP contribution is -2.51. The maximum atomic E-state index is 14.3. The van der Waals surface area contributed by atoms with Gasteiger partial charge in [-0.05, 0) is 69.1 Å². The van der Waals surface area contributed by atoms with Crippen LogP contribution in [0, 0.1) is 5.92 Å². The number of rotatable bonds is 11. The minimum Gasteiger partial charge on any atom is -0.354 e. The largest absolute Gasteiger partial charge is 0.354 e. The normalized spacial score (nSPS) is 24.9. The zero-order valence-electron chi connectivity index (χ0n) is 34.1. The predicted octanol–water partition coefficient (Wildman–Crippen LogP) is 3.71. The first-order chi connectivity index (χ1) is 30.1. The number of carbonyl (C=O) groups excluding carboxylic acids is 4. The van der Waals surface area contributed by atoms with Crippen molar-refractivity contribution in [1.29, 1.82) is 0 Å². The van der Waals surface area contributed by atoms with E-state index in [9.17, 15) is 28.0 Å². The van der Waals surface area contributed by atoms with E-state index < -0.39 is 29.9 Å². The highest BCUT2D eigenvalue weighted by atomic mass is 19.3. The van der Waals surface area contributed by atoms with E-state index in [2.05, 4.69) is 51.3 Å². The van der Waals surface area contributed by atoms with Crippen LogP contribution in [0.5, 0.6) is 0 Å². The summed E-state index contributed by atoms with van der Waals surface area (Å²) in [6, 6.07) is 7.96. The van der Waals surface area contributed by atoms with Gasteiger partial charge in [-0.2, -0.15) is 10.2 Å². The highest BCUT2D eigenvalue weighted by Gasteiger charge is 2.35. The third kappa shape index (κ3) is 8.13. The average Bonchev–Trinajstić information content (AvgIpc) is 4.07. The van der Waals surface area contributed by atoms with Gasteiger partial charge < -0.3 is 30.3 Å². The number of benzene rings is 1. The van der Waals surface area contributed by atoms with Gasteiger partial charge in [0.1, 0.15) is 17.1 Å². The Kier molecular flexibility index (Phi) is 10.9. The lowest BCUT2D eigenvalue weighted by atomic mass is 9.85. The number of para-hydroxylation sites is 1. The Morgan fingerprint density at radius 1 is 0.919 bits per heavy atom. The third-order valence-electron chi connectivity index (χ3n) is 13.3. The molecule has 18 nitrogen and oxygen atoms in total. The summed E-state index contributed by atoms with van der Waals surface area (Å²) in [5.74, 6) is -0.849. The number of carbonyl (C=O) groups is 4. The molecule has 4 aromatic heterocycles. The molecular weight excluding hydrogens is 805 g/mol. The van der Waals surface area contributed by atoms with Crippen LogP contribution in [0.25, 0.3) is 16.6 Å². The molecule has 62 heavy (non-hydrogen) atoms. The molecule has 8 heterocycles. The summed E-state index contributed by atoms with van der Waals surface area (Å²) in [7, 11) is 0. The Morgan fingerprint density at radius 2 is 1.69 bits per heavy atom. The topological polar surface area (TPSA) is 200 Å². The first kappa shape index (κ1) is 40.2. The molecule has 2 unspecified atom stereocenters. The van der Waals surface area contributed by atoms with Crippen LogP contribution in [0.3, 0.4) is 0 Å². The van der Waals surface area contributed by atoms with Crippen molar-refractivity contribution in [2.75, 3.05) is 67.9 Å². The Morgan fingerprint density at radius 3 is 2.45 bits per heavy atom. The van der Waals surface area contributed by atoms with E-state index in [0.717, 1.165) is 90.2 Å². The lowest BCUT2D eigenvalue weighted by Gasteiger charge is -2.38. The molecule has 5 aliphatic rings. The fourth-order valence-corrected chi connectivity index (χ4v) is 9.98. The summed E-state index contributed by atoms with van der Waals surface area (Å²) in [5.41, 5.74) is 1.41. The number of aromatic nitrogens is 6. The van der Waals surface area contributed by atoms with Crippen molar-refractivity contribution in [3.05, 3.63) is 59.8 Å². The molecule has 1 aromatic carbocycles. The molecule has 4 saturated heterocycles. The second-order valence-corrected chi connectivity index (χ2v) is 17.4. The van der Waals surface area contributed by atoms with Crippen LogP contribution in [0.15, 0.2) is 47.4 Å². The van der Waals surface area contributed by atoms with Crippen LogP contribution in [0.2, 0.25) is 0 Å². The van der Waals surface area contributed by atoms with Gasteiger partial charge in [0.2, 0.25) is 17.7 Å². The summed E-state index contributed by atoms with van der Waals surface area (Å²) in [6.45, 7) is 5.90. The molecule has 1 saturated carbocycles. The number of amides is 4. The molecule has 0 spiro atoms. The third-order valence-corrected chi connectivity index (χ3v) is 13.3. The van der Waals surface area contributed by atoms with Crippen molar-refractivity contribution in [3.8, 4) is 0 Å². The molecule has 4 amide bonds. The predicted molar refractivity (Wildman–Crippen MR) is 222 cm³/mol. The maximum absolute atomic E-state index is 14.3. The zero-order valence-corrected chi connectivity index (χ0v) is 34.1. The van der Waals surface area contributed by atoms with Gasteiger partial charge in [0, 0.05) is 82.1 Å². The number of piperidine rings is 1. The smallest absolute Gasteiger partial charge is 0.284 e. The monoisotopic (exact) mass is 853 g/mol. The summed E-state index contributed by atoms with van der Waals surface area (Å²) in [6.07, 6.45) is 8.08. The van der Waals surface area contributed by atoms with Crippen molar-refractivity contribution in [2.24, 2.45) is 5.92 Å². The molecule has 4 N–H and O–H groups in total. The Balaban J connectivity index is 0.699. The number of fused-ring (bicyclic) bond motifs is 4. The number of hydrogen-bond donors (Lipinski definition) is 4. The molecule has 20 heteroatoms. The molecule has 3 atom stereocenters. The van der Waals surface area contributed by atoms with E-state index in [4.69, 9.17) is 9.51 Å². The van der Waals surface area contributed by atoms with Crippen molar-refractivity contribution in [1.82, 2.24) is 50.0 Å². The molecule has 2 bridgehead atoms. The van der Waals surface area contributed by atoms with Gasteiger partial charge in [-0.15, -0.1) is 0 Å². The number of anilines is 3. The SMILES string of the molecule is O=C1CC[C@H](c2noc3c(NC(=O)CN4CCN(CC5CCC(n6cc(NC(=O)c7cnn8ccc(N9CC%10CCC(C9)N%10)nc78)c(C(F)F)n6)CC5)CC4)cccc23)C(=O)N1. The van der Waals surface area contributed by atoms with Gasteiger partial charge in [0.25, 0.3) is 12.3 Å². The van der Waals surface area contributed by atoms with E-state index in [1.54, 1.807) is 29.1 Å². The molecule has 5 aromatic rings. The van der Waals surface area contributed by atoms with Crippen LogP contribution >= 0.6 is 0 Å². The molecule has 4 aliphatic heterocycles. The molecular formula is C42H49F2N13O5. The number of piperazine rings is 2. The van der Waals surface area contributed by atoms with E-state index in [1.165, 1.54) is 16.9 Å². The number of halogens is 2. The van der Waals surface area contributed by atoms with E-state index in [-0.39, 0.29) is 42.1 Å². The summed E-state index contributed by atoms with van der Waals surface area (Å²) in [4.78, 5) is 62.4. The van der Waals surface area contributed by atoms with Crippen LogP contribution in [0.1, 0.15) is 91.5 Å². The minimum atomic E-state index is -2.87. The van der Waals surface area contributed by atoms with E-state index in [0.29, 0.717) is 52.4 Å². The summed E-state index contributed by atoms with van der Waals surface area (Å²) >= 11 is 0. The number of nitrogens with one attached hydrogen (secondary N) is 4. The van der Waals surface area contributed by atoms with E-state index in [1.807, 2.05) is 6.07 Å². The summed E-state index contributed by atoms with van der Waals surface area (Å²) < 4.78 is 37.3. The Hall–Kier alpha value is -5.86. The quantitative estimate of drug-likeness (QED) is 0.140. The number of hydrogen-bond acceptors (Lipinski definition) is 13. The zero-order chi connectivity index (χ0) is 42.5. The first-order valence-corrected chi connectivity index (χ1v) is 21.6. The van der Waals surface area contributed by atoms with Gasteiger partial charge in [0.05, 0.1) is 36.1 Å². The molecule has 326 valence electrons. The van der Waals surface area contributed by atoms with Crippen molar-refractivity contribution >= 4 is 57.4 Å². The Labute approximate surface area is 354 Å². The van der Waals surface area contributed by atoms with Gasteiger partial charge >= 0.3 is 0 Å².